The van der Waals surface area contributed by atoms with Gasteiger partial charge in [-0.2, -0.15) is 0 Å². The van der Waals surface area contributed by atoms with Crippen LogP contribution in [-0.4, -0.2) is 13.5 Å². The number of anilines is 1. The van der Waals surface area contributed by atoms with Crippen LogP contribution >= 0.6 is 15.9 Å². The largest absolute Gasteiger partial charge is 0.392 e. The number of hydrogen-bond donors (Lipinski definition) is 2. The molecule has 2 rings (SSSR count). The van der Waals surface area contributed by atoms with Gasteiger partial charge in [0.1, 0.15) is 0 Å². The van der Waals surface area contributed by atoms with Crippen molar-refractivity contribution in [2.75, 3.05) is 4.72 Å². The Morgan fingerprint density at radius 1 is 1.10 bits per heavy atom. The fraction of sp³-hybridized carbons (Fsp3) is 0.200. The number of aryl methyl sites for hydroxylation is 2. The Balaban J connectivity index is 2.32. The van der Waals surface area contributed by atoms with Gasteiger partial charge in [0.2, 0.25) is 0 Å². The van der Waals surface area contributed by atoms with Crippen molar-refractivity contribution in [2.24, 2.45) is 0 Å². The minimum absolute atomic E-state index is 0.112. The topological polar surface area (TPSA) is 66.4 Å². The van der Waals surface area contributed by atoms with Crippen molar-refractivity contribution in [1.29, 1.82) is 0 Å². The molecule has 6 heteroatoms. The van der Waals surface area contributed by atoms with Crippen molar-refractivity contribution >= 4 is 31.6 Å². The number of hydrogen-bond acceptors (Lipinski definition) is 3. The van der Waals surface area contributed by atoms with E-state index < -0.39 is 10.0 Å². The van der Waals surface area contributed by atoms with E-state index in [1.165, 1.54) is 12.1 Å². The molecule has 2 aromatic carbocycles. The number of aliphatic hydroxyl groups is 1. The van der Waals surface area contributed by atoms with Crippen LogP contribution in [0.4, 0.5) is 5.69 Å². The molecule has 0 unspecified atom stereocenters. The van der Waals surface area contributed by atoms with E-state index >= 15 is 0 Å². The molecule has 0 radical (unpaired) electrons. The second-order valence-corrected chi connectivity index (χ2v) is 7.31. The molecule has 0 saturated heterocycles. The first-order valence-electron chi connectivity index (χ1n) is 6.33. The quantitative estimate of drug-likeness (QED) is 0.867. The molecular formula is C15H16BrNO3S. The first-order chi connectivity index (χ1) is 9.83. The van der Waals surface area contributed by atoms with Crippen molar-refractivity contribution in [2.45, 2.75) is 25.3 Å². The van der Waals surface area contributed by atoms with E-state index in [1.807, 2.05) is 13.8 Å². The van der Waals surface area contributed by atoms with Crippen molar-refractivity contribution in [3.8, 4) is 0 Å². The summed E-state index contributed by atoms with van der Waals surface area (Å²) in [5, 5.41) is 8.98. The van der Waals surface area contributed by atoms with Crippen LogP contribution in [0.25, 0.3) is 0 Å². The molecule has 2 aromatic rings. The van der Waals surface area contributed by atoms with Gasteiger partial charge in [-0.25, -0.2) is 8.42 Å². The van der Waals surface area contributed by atoms with E-state index in [0.717, 1.165) is 15.6 Å². The predicted molar refractivity (Wildman–Crippen MR) is 86.8 cm³/mol. The fourth-order valence-corrected chi connectivity index (χ4v) is 3.26. The van der Waals surface area contributed by atoms with E-state index in [4.69, 9.17) is 5.11 Å². The van der Waals surface area contributed by atoms with Gasteiger partial charge in [-0.05, 0) is 54.8 Å². The minimum Gasteiger partial charge on any atom is -0.392 e. The third kappa shape index (κ3) is 3.64. The Hall–Kier alpha value is -1.37. The number of nitrogens with one attached hydrogen (secondary N) is 1. The summed E-state index contributed by atoms with van der Waals surface area (Å²) in [6, 6.07) is 9.69. The van der Waals surface area contributed by atoms with Crippen LogP contribution in [-0.2, 0) is 16.6 Å². The standard InChI is InChI=1S/C15H16BrNO3S/c1-10-7-13(8-11(2)15(10)16)17-21(19,20)14-5-3-12(9-18)4-6-14/h3-8,17-18H,9H2,1-2H3. The average molecular weight is 370 g/mol. The average Bonchev–Trinajstić information content (AvgIpc) is 2.44. The Kier molecular flexibility index (Phi) is 4.70. The van der Waals surface area contributed by atoms with Gasteiger partial charge in [0.15, 0.2) is 0 Å². The summed E-state index contributed by atoms with van der Waals surface area (Å²) in [5.41, 5.74) is 3.12. The molecule has 0 saturated carbocycles. The minimum atomic E-state index is -3.63. The Morgan fingerprint density at radius 3 is 2.10 bits per heavy atom. The van der Waals surface area contributed by atoms with Gasteiger partial charge in [0.25, 0.3) is 10.0 Å². The van der Waals surface area contributed by atoms with Gasteiger partial charge in [-0.15, -0.1) is 0 Å². The van der Waals surface area contributed by atoms with Gasteiger partial charge in [-0.3, -0.25) is 4.72 Å². The highest BCUT2D eigenvalue weighted by Crippen LogP contribution is 2.26. The molecule has 0 bridgehead atoms. The smallest absolute Gasteiger partial charge is 0.261 e. The number of aliphatic hydroxyl groups excluding tert-OH is 1. The first kappa shape index (κ1) is 16.0. The molecule has 2 N–H and O–H groups in total. The SMILES string of the molecule is Cc1cc(NS(=O)(=O)c2ccc(CO)cc2)cc(C)c1Br. The lowest BCUT2D eigenvalue weighted by Gasteiger charge is -2.11. The molecule has 0 amide bonds. The molecular weight excluding hydrogens is 354 g/mol. The van der Waals surface area contributed by atoms with Crippen LogP contribution in [0.1, 0.15) is 16.7 Å². The number of benzene rings is 2. The zero-order valence-corrected chi connectivity index (χ0v) is 14.1. The number of halogens is 1. The number of rotatable bonds is 4. The summed E-state index contributed by atoms with van der Waals surface area (Å²) in [7, 11) is -3.63. The molecule has 4 nitrogen and oxygen atoms in total. The van der Waals surface area contributed by atoms with Gasteiger partial charge in [0.05, 0.1) is 11.5 Å². The normalized spacial score (nSPS) is 11.4. The monoisotopic (exact) mass is 369 g/mol. The maximum absolute atomic E-state index is 12.3. The van der Waals surface area contributed by atoms with E-state index in [0.29, 0.717) is 11.3 Å². The Labute approximate surface area is 133 Å². The summed E-state index contributed by atoms with van der Waals surface area (Å²) >= 11 is 3.45. The highest BCUT2D eigenvalue weighted by molar-refractivity contribution is 9.10. The summed E-state index contributed by atoms with van der Waals surface area (Å²) < 4.78 is 28.2. The predicted octanol–water partition coefficient (Wildman–Crippen LogP) is 3.36. The second-order valence-electron chi connectivity index (χ2n) is 4.83. The van der Waals surface area contributed by atoms with Gasteiger partial charge < -0.3 is 5.11 Å². The van der Waals surface area contributed by atoms with Crippen molar-refractivity contribution in [3.63, 3.8) is 0 Å². The molecule has 0 fully saturated rings. The van der Waals surface area contributed by atoms with Gasteiger partial charge in [0, 0.05) is 10.2 Å². The molecule has 0 aliphatic heterocycles. The maximum Gasteiger partial charge on any atom is 0.261 e. The van der Waals surface area contributed by atoms with Crippen molar-refractivity contribution in [3.05, 3.63) is 57.6 Å². The third-order valence-electron chi connectivity index (χ3n) is 3.10. The molecule has 21 heavy (non-hydrogen) atoms. The maximum atomic E-state index is 12.3. The van der Waals surface area contributed by atoms with E-state index in [1.54, 1.807) is 24.3 Å². The molecule has 0 aliphatic rings. The highest BCUT2D eigenvalue weighted by Gasteiger charge is 2.15. The van der Waals surface area contributed by atoms with E-state index in [9.17, 15) is 8.42 Å². The lowest BCUT2D eigenvalue weighted by Crippen LogP contribution is -2.13. The lowest BCUT2D eigenvalue weighted by atomic mass is 10.1. The molecule has 0 aromatic heterocycles. The summed E-state index contributed by atoms with van der Waals surface area (Å²) in [6.07, 6.45) is 0. The molecule has 0 heterocycles. The van der Waals surface area contributed by atoms with Crippen LogP contribution in [0.3, 0.4) is 0 Å². The first-order valence-corrected chi connectivity index (χ1v) is 8.60. The second kappa shape index (κ2) is 6.17. The van der Waals surface area contributed by atoms with Crippen LogP contribution in [0.2, 0.25) is 0 Å². The fourth-order valence-electron chi connectivity index (χ4n) is 1.99. The molecule has 0 aliphatic carbocycles. The Morgan fingerprint density at radius 2 is 1.62 bits per heavy atom. The van der Waals surface area contributed by atoms with Gasteiger partial charge >= 0.3 is 0 Å². The molecule has 0 spiro atoms. The van der Waals surface area contributed by atoms with Crippen LogP contribution in [0.5, 0.6) is 0 Å². The summed E-state index contributed by atoms with van der Waals surface area (Å²) in [6.45, 7) is 3.70. The molecule has 112 valence electrons. The summed E-state index contributed by atoms with van der Waals surface area (Å²) in [4.78, 5) is 0.165. The molecule has 0 atom stereocenters. The zero-order valence-electron chi connectivity index (χ0n) is 11.7. The lowest BCUT2D eigenvalue weighted by molar-refractivity contribution is 0.282. The third-order valence-corrected chi connectivity index (χ3v) is 5.75. The number of sulfonamides is 1. The van der Waals surface area contributed by atoms with Crippen LogP contribution in [0.15, 0.2) is 45.8 Å². The van der Waals surface area contributed by atoms with Crippen molar-refractivity contribution in [1.82, 2.24) is 0 Å². The van der Waals surface area contributed by atoms with Crippen LogP contribution in [0, 0.1) is 13.8 Å². The van der Waals surface area contributed by atoms with Gasteiger partial charge in [-0.1, -0.05) is 28.1 Å². The van der Waals surface area contributed by atoms with E-state index in [-0.39, 0.29) is 11.5 Å². The van der Waals surface area contributed by atoms with E-state index in [2.05, 4.69) is 20.7 Å². The van der Waals surface area contributed by atoms with Crippen LogP contribution < -0.4 is 4.72 Å². The Bertz CT molecular complexity index is 732. The highest BCUT2D eigenvalue weighted by atomic mass is 79.9. The zero-order chi connectivity index (χ0) is 15.6. The summed E-state index contributed by atoms with van der Waals surface area (Å²) in [5.74, 6) is 0. The van der Waals surface area contributed by atoms with Crippen molar-refractivity contribution < 1.29 is 13.5 Å².